The fourth-order valence-corrected chi connectivity index (χ4v) is 2.90. The molecule has 0 saturated carbocycles. The average molecular weight is 377 g/mol. The van der Waals surface area contributed by atoms with Crippen molar-refractivity contribution in [1.29, 1.82) is 0 Å². The fourth-order valence-electron chi connectivity index (χ4n) is 1.91. The SMILES string of the molecule is CCSc1ccc(Oc2ccc(C(F)(F)F)cc2Cl)cc1C(=O)O. The van der Waals surface area contributed by atoms with Crippen molar-refractivity contribution in [2.75, 3.05) is 5.75 Å². The zero-order chi connectivity index (χ0) is 17.9. The van der Waals surface area contributed by atoms with E-state index in [1.54, 1.807) is 12.1 Å². The van der Waals surface area contributed by atoms with Gasteiger partial charge in [-0.1, -0.05) is 18.5 Å². The Morgan fingerprint density at radius 1 is 1.25 bits per heavy atom. The number of benzene rings is 2. The highest BCUT2D eigenvalue weighted by Crippen LogP contribution is 2.37. The number of rotatable bonds is 5. The van der Waals surface area contributed by atoms with Crippen molar-refractivity contribution in [2.24, 2.45) is 0 Å². The molecule has 128 valence electrons. The number of hydrogen-bond acceptors (Lipinski definition) is 3. The number of carboxylic acid groups (broad SMARTS) is 1. The number of thioether (sulfide) groups is 1. The summed E-state index contributed by atoms with van der Waals surface area (Å²) in [4.78, 5) is 11.9. The van der Waals surface area contributed by atoms with Crippen molar-refractivity contribution in [3.63, 3.8) is 0 Å². The third-order valence-corrected chi connectivity index (χ3v) is 4.22. The maximum absolute atomic E-state index is 12.6. The highest BCUT2D eigenvalue weighted by Gasteiger charge is 2.31. The Balaban J connectivity index is 2.31. The Hall–Kier alpha value is -1.86. The van der Waals surface area contributed by atoms with Gasteiger partial charge in [0.05, 0.1) is 16.1 Å². The molecular weight excluding hydrogens is 365 g/mol. The molecule has 0 spiro atoms. The lowest BCUT2D eigenvalue weighted by molar-refractivity contribution is -0.137. The molecule has 0 bridgehead atoms. The van der Waals surface area contributed by atoms with Crippen LogP contribution < -0.4 is 4.74 Å². The van der Waals surface area contributed by atoms with E-state index in [-0.39, 0.29) is 22.1 Å². The van der Waals surface area contributed by atoms with E-state index in [0.29, 0.717) is 10.6 Å². The van der Waals surface area contributed by atoms with Crippen LogP contribution in [0.15, 0.2) is 41.3 Å². The summed E-state index contributed by atoms with van der Waals surface area (Å²) in [5.74, 6) is -0.230. The molecule has 0 aliphatic carbocycles. The molecule has 8 heteroatoms. The zero-order valence-electron chi connectivity index (χ0n) is 12.4. The van der Waals surface area contributed by atoms with Crippen LogP contribution in [-0.2, 0) is 6.18 Å². The Morgan fingerprint density at radius 3 is 2.50 bits per heavy atom. The van der Waals surface area contributed by atoms with Crippen LogP contribution in [0.5, 0.6) is 11.5 Å². The van der Waals surface area contributed by atoms with Gasteiger partial charge < -0.3 is 9.84 Å². The minimum atomic E-state index is -4.50. The predicted molar refractivity (Wildman–Crippen MR) is 86.3 cm³/mol. The summed E-state index contributed by atoms with van der Waals surface area (Å²) in [6.45, 7) is 1.89. The molecule has 0 aliphatic rings. The second kappa shape index (κ2) is 7.36. The van der Waals surface area contributed by atoms with Crippen molar-refractivity contribution in [2.45, 2.75) is 18.0 Å². The lowest BCUT2D eigenvalue weighted by Gasteiger charge is -2.12. The quantitative estimate of drug-likeness (QED) is 0.654. The second-order valence-electron chi connectivity index (χ2n) is 4.64. The van der Waals surface area contributed by atoms with Crippen LogP contribution in [0, 0.1) is 0 Å². The number of aromatic carboxylic acids is 1. The molecule has 2 aromatic carbocycles. The average Bonchev–Trinajstić information content (AvgIpc) is 2.49. The number of ether oxygens (including phenoxy) is 1. The third kappa shape index (κ3) is 4.36. The first-order valence-electron chi connectivity index (χ1n) is 6.77. The van der Waals surface area contributed by atoms with Gasteiger partial charge in [0.2, 0.25) is 0 Å². The highest BCUT2D eigenvalue weighted by molar-refractivity contribution is 7.99. The first kappa shape index (κ1) is 18.5. The van der Waals surface area contributed by atoms with Crippen molar-refractivity contribution >= 4 is 29.3 Å². The van der Waals surface area contributed by atoms with E-state index < -0.39 is 17.7 Å². The van der Waals surface area contributed by atoms with Crippen molar-refractivity contribution in [3.8, 4) is 11.5 Å². The Labute approximate surface area is 145 Å². The molecule has 0 heterocycles. The molecule has 3 nitrogen and oxygen atoms in total. The molecule has 0 aliphatic heterocycles. The molecule has 1 N–H and O–H groups in total. The van der Waals surface area contributed by atoms with E-state index in [0.717, 1.165) is 18.2 Å². The van der Waals surface area contributed by atoms with Gasteiger partial charge >= 0.3 is 12.1 Å². The zero-order valence-corrected chi connectivity index (χ0v) is 13.9. The summed E-state index contributed by atoms with van der Waals surface area (Å²) in [7, 11) is 0. The van der Waals surface area contributed by atoms with E-state index in [2.05, 4.69) is 0 Å². The van der Waals surface area contributed by atoms with Crippen LogP contribution in [0.2, 0.25) is 5.02 Å². The Bertz CT molecular complexity index is 763. The van der Waals surface area contributed by atoms with Crippen LogP contribution in [0.4, 0.5) is 13.2 Å². The third-order valence-electron chi connectivity index (χ3n) is 2.97. The molecular formula is C16H12ClF3O3S. The second-order valence-corrected chi connectivity index (χ2v) is 6.35. The summed E-state index contributed by atoms with van der Waals surface area (Å²) < 4.78 is 43.3. The van der Waals surface area contributed by atoms with Gasteiger partial charge in [0.25, 0.3) is 0 Å². The maximum Gasteiger partial charge on any atom is 0.416 e. The molecule has 0 amide bonds. The molecule has 0 unspecified atom stereocenters. The summed E-state index contributed by atoms with van der Waals surface area (Å²) in [6.07, 6.45) is -4.50. The largest absolute Gasteiger partial charge is 0.478 e. The standard InChI is InChI=1S/C16H12ClF3O3S/c1-2-24-14-6-4-10(8-11(14)15(21)22)23-13-5-3-9(7-12(13)17)16(18,19)20/h3-8H,2H2,1H3,(H,21,22). The smallest absolute Gasteiger partial charge is 0.416 e. The monoisotopic (exact) mass is 376 g/mol. The van der Waals surface area contributed by atoms with E-state index in [1.165, 1.54) is 17.8 Å². The highest BCUT2D eigenvalue weighted by atomic mass is 35.5. The Kier molecular flexibility index (Phi) is 5.66. The van der Waals surface area contributed by atoms with Gasteiger partial charge in [-0.15, -0.1) is 11.8 Å². The number of alkyl halides is 3. The van der Waals surface area contributed by atoms with Crippen molar-refractivity contribution in [1.82, 2.24) is 0 Å². The number of hydrogen-bond donors (Lipinski definition) is 1. The Morgan fingerprint density at radius 2 is 1.96 bits per heavy atom. The van der Waals surface area contributed by atoms with E-state index in [1.807, 2.05) is 6.92 Å². The first-order chi connectivity index (χ1) is 11.2. The van der Waals surface area contributed by atoms with Crippen LogP contribution in [0.1, 0.15) is 22.8 Å². The van der Waals surface area contributed by atoms with Gasteiger partial charge in [0.1, 0.15) is 11.5 Å². The lowest BCUT2D eigenvalue weighted by atomic mass is 10.2. The molecule has 0 radical (unpaired) electrons. The summed E-state index contributed by atoms with van der Waals surface area (Å²) in [6, 6.07) is 7.15. The minimum Gasteiger partial charge on any atom is -0.478 e. The normalized spacial score (nSPS) is 11.4. The first-order valence-corrected chi connectivity index (χ1v) is 8.13. The molecule has 0 saturated heterocycles. The topological polar surface area (TPSA) is 46.5 Å². The fraction of sp³-hybridized carbons (Fsp3) is 0.188. The summed E-state index contributed by atoms with van der Waals surface area (Å²) in [5.41, 5.74) is -0.830. The molecule has 24 heavy (non-hydrogen) atoms. The van der Waals surface area contributed by atoms with Gasteiger partial charge in [-0.25, -0.2) is 4.79 Å². The molecule has 0 atom stereocenters. The van der Waals surface area contributed by atoms with Crippen LogP contribution in [0.25, 0.3) is 0 Å². The maximum atomic E-state index is 12.6. The van der Waals surface area contributed by atoms with E-state index in [9.17, 15) is 23.1 Å². The van der Waals surface area contributed by atoms with Crippen molar-refractivity contribution < 1.29 is 27.8 Å². The number of carboxylic acids is 1. The van der Waals surface area contributed by atoms with Crippen LogP contribution in [-0.4, -0.2) is 16.8 Å². The molecule has 2 aromatic rings. The summed E-state index contributed by atoms with van der Waals surface area (Å²) in [5, 5.41) is 9.03. The molecule has 2 rings (SSSR count). The van der Waals surface area contributed by atoms with Crippen LogP contribution >= 0.6 is 23.4 Å². The predicted octanol–water partition coefficient (Wildman–Crippen LogP) is 5.96. The van der Waals surface area contributed by atoms with Gasteiger partial charge in [-0.05, 0) is 42.2 Å². The van der Waals surface area contributed by atoms with Crippen molar-refractivity contribution in [3.05, 3.63) is 52.5 Å². The lowest BCUT2D eigenvalue weighted by Crippen LogP contribution is -2.04. The minimum absolute atomic E-state index is 0.0110. The van der Waals surface area contributed by atoms with Gasteiger partial charge in [0.15, 0.2) is 0 Å². The van der Waals surface area contributed by atoms with Gasteiger partial charge in [0, 0.05) is 4.90 Å². The number of carbonyl (C=O) groups is 1. The van der Waals surface area contributed by atoms with E-state index in [4.69, 9.17) is 16.3 Å². The van der Waals surface area contributed by atoms with Gasteiger partial charge in [-0.3, -0.25) is 0 Å². The van der Waals surface area contributed by atoms with Gasteiger partial charge in [-0.2, -0.15) is 13.2 Å². The molecule has 0 fully saturated rings. The number of halogens is 4. The van der Waals surface area contributed by atoms with Crippen LogP contribution in [0.3, 0.4) is 0 Å². The molecule has 0 aromatic heterocycles. The van der Waals surface area contributed by atoms with E-state index >= 15 is 0 Å². The summed E-state index contributed by atoms with van der Waals surface area (Å²) >= 11 is 7.19.